The van der Waals surface area contributed by atoms with Crippen molar-refractivity contribution in [2.45, 2.75) is 51.7 Å². The van der Waals surface area contributed by atoms with Gasteiger partial charge >= 0.3 is 16.8 Å². The third-order valence-corrected chi connectivity index (χ3v) is 5.58. The number of nitrogens with zero attached hydrogens (tertiary/aromatic N) is 2. The van der Waals surface area contributed by atoms with Gasteiger partial charge in [-0.3, -0.25) is 28.7 Å². The minimum Gasteiger partial charge on any atom is -0.486 e. The molecular weight excluding hydrogens is 432 g/mol. The van der Waals surface area contributed by atoms with Gasteiger partial charge in [0.1, 0.15) is 17.4 Å². The Labute approximate surface area is 179 Å². The fraction of sp³-hybridized carbons (Fsp3) is 0.500. The number of nitrogens with one attached hydrogen (secondary N) is 1. The maximum absolute atomic E-state index is 12.8. The fourth-order valence-corrected chi connectivity index (χ4v) is 4.30. The lowest BCUT2D eigenvalue weighted by Crippen LogP contribution is -2.50. The van der Waals surface area contributed by atoms with E-state index in [1.807, 2.05) is 0 Å². The molecule has 168 valence electrons. The van der Waals surface area contributed by atoms with Crippen molar-refractivity contribution < 1.29 is 28.5 Å². The highest BCUT2D eigenvalue weighted by Crippen LogP contribution is 2.43. The van der Waals surface area contributed by atoms with Crippen LogP contribution in [0.25, 0.3) is 10.3 Å². The molecule has 0 aromatic carbocycles. The van der Waals surface area contributed by atoms with Gasteiger partial charge in [0.05, 0.1) is 5.76 Å². The highest BCUT2D eigenvalue weighted by molar-refractivity contribution is 7.16. The Bertz CT molecular complexity index is 1170. The number of rotatable bonds is 6. The molecule has 0 spiro atoms. The van der Waals surface area contributed by atoms with Crippen LogP contribution in [-0.2, 0) is 28.5 Å². The largest absolute Gasteiger partial charge is 0.486 e. The quantitative estimate of drug-likeness (QED) is 0.462. The number of esters is 2. The van der Waals surface area contributed by atoms with E-state index in [0.717, 1.165) is 4.57 Å². The standard InChI is InChI=1S/C18H22N4O8S/c1-7(2)30-18(5)10(6-27-8(3)23)29-15(12(18)28-9(4)24)22-13-11(31-17(22)26)14(25)21-16(19)20-13/h10,12,15H,1,6H2,2-5H3,(H3,19,20,21,25)/t10-,12+,15-,18+/m1/s1. The van der Waals surface area contributed by atoms with E-state index < -0.39 is 46.4 Å². The van der Waals surface area contributed by atoms with Crippen molar-refractivity contribution in [3.63, 3.8) is 0 Å². The Morgan fingerprint density at radius 1 is 1.32 bits per heavy atom. The number of hydrogen-bond donors (Lipinski definition) is 2. The smallest absolute Gasteiger partial charge is 0.311 e. The number of nitrogen functional groups attached to an aromatic ring is 1. The van der Waals surface area contributed by atoms with E-state index in [4.69, 9.17) is 24.7 Å². The molecule has 13 heteroatoms. The van der Waals surface area contributed by atoms with Crippen molar-refractivity contribution in [2.24, 2.45) is 0 Å². The van der Waals surface area contributed by atoms with E-state index in [9.17, 15) is 19.2 Å². The number of thiazole rings is 1. The molecule has 3 rings (SSSR count). The van der Waals surface area contributed by atoms with Gasteiger partial charge in [0.2, 0.25) is 5.95 Å². The maximum Gasteiger partial charge on any atom is 0.311 e. The summed E-state index contributed by atoms with van der Waals surface area (Å²) in [7, 11) is 0. The van der Waals surface area contributed by atoms with Crippen LogP contribution in [0.2, 0.25) is 0 Å². The summed E-state index contributed by atoms with van der Waals surface area (Å²) in [5, 5.41) is 0. The zero-order valence-corrected chi connectivity index (χ0v) is 18.1. The first-order valence-electron chi connectivity index (χ1n) is 9.15. The zero-order chi connectivity index (χ0) is 23.1. The van der Waals surface area contributed by atoms with Gasteiger partial charge in [-0.15, -0.1) is 0 Å². The number of H-pyrrole nitrogens is 1. The van der Waals surface area contributed by atoms with Crippen molar-refractivity contribution >= 4 is 39.6 Å². The zero-order valence-electron chi connectivity index (χ0n) is 17.3. The van der Waals surface area contributed by atoms with Gasteiger partial charge in [-0.1, -0.05) is 17.9 Å². The highest BCUT2D eigenvalue weighted by Gasteiger charge is 2.59. The van der Waals surface area contributed by atoms with Crippen molar-refractivity contribution in [2.75, 3.05) is 12.3 Å². The second-order valence-electron chi connectivity index (χ2n) is 7.18. The third kappa shape index (κ3) is 4.18. The van der Waals surface area contributed by atoms with Crippen LogP contribution in [0.1, 0.15) is 33.9 Å². The molecule has 0 aliphatic carbocycles. The van der Waals surface area contributed by atoms with Gasteiger partial charge in [-0.2, -0.15) is 4.98 Å². The second kappa shape index (κ2) is 8.15. The molecule has 2 aromatic heterocycles. The van der Waals surface area contributed by atoms with Crippen molar-refractivity contribution in [1.82, 2.24) is 14.5 Å². The van der Waals surface area contributed by atoms with Crippen LogP contribution in [0.15, 0.2) is 21.9 Å². The van der Waals surface area contributed by atoms with Crippen molar-refractivity contribution in [3.05, 3.63) is 32.4 Å². The number of carbonyl (C=O) groups excluding carboxylic acids is 2. The number of fused-ring (bicyclic) bond motifs is 1. The molecule has 12 nitrogen and oxygen atoms in total. The van der Waals surface area contributed by atoms with Crippen LogP contribution < -0.4 is 16.2 Å². The molecule has 1 saturated heterocycles. The molecule has 3 heterocycles. The number of hydrogen-bond acceptors (Lipinski definition) is 11. The number of allylic oxidation sites excluding steroid dienone is 1. The summed E-state index contributed by atoms with van der Waals surface area (Å²) < 4.78 is 23.6. The van der Waals surface area contributed by atoms with Crippen molar-refractivity contribution in [3.8, 4) is 0 Å². The lowest BCUT2D eigenvalue weighted by atomic mass is 9.93. The molecule has 0 radical (unpaired) electrons. The van der Waals surface area contributed by atoms with Crippen LogP contribution >= 0.6 is 11.3 Å². The minimum absolute atomic E-state index is 0.0235. The molecule has 0 bridgehead atoms. The predicted octanol–water partition coefficient (Wildman–Crippen LogP) is 0.430. The van der Waals surface area contributed by atoms with Crippen LogP contribution in [-0.4, -0.2) is 50.9 Å². The van der Waals surface area contributed by atoms with E-state index in [0.29, 0.717) is 11.3 Å². The lowest BCUT2D eigenvalue weighted by Gasteiger charge is -2.34. The first kappa shape index (κ1) is 22.5. The number of aromatic amines is 1. The van der Waals surface area contributed by atoms with E-state index in [-0.39, 0.29) is 28.7 Å². The van der Waals surface area contributed by atoms with Crippen LogP contribution in [0.3, 0.4) is 0 Å². The maximum atomic E-state index is 12.8. The summed E-state index contributed by atoms with van der Waals surface area (Å²) in [5.41, 5.74) is 3.62. The molecule has 1 aliphatic rings. The predicted molar refractivity (Wildman–Crippen MR) is 109 cm³/mol. The molecule has 1 fully saturated rings. The molecular formula is C18H22N4O8S. The monoisotopic (exact) mass is 454 g/mol. The topological polar surface area (TPSA) is 165 Å². The lowest BCUT2D eigenvalue weighted by molar-refractivity contribution is -0.165. The Balaban J connectivity index is 2.19. The Hall–Kier alpha value is -3.19. The molecule has 1 aliphatic heterocycles. The van der Waals surface area contributed by atoms with E-state index >= 15 is 0 Å². The number of aromatic nitrogens is 3. The molecule has 0 saturated carbocycles. The van der Waals surface area contributed by atoms with Gasteiger partial charge in [0.25, 0.3) is 5.56 Å². The Morgan fingerprint density at radius 2 is 2.00 bits per heavy atom. The average molecular weight is 454 g/mol. The van der Waals surface area contributed by atoms with Crippen LogP contribution in [0, 0.1) is 0 Å². The number of carbonyl (C=O) groups is 2. The van der Waals surface area contributed by atoms with Gasteiger partial charge < -0.3 is 24.7 Å². The van der Waals surface area contributed by atoms with E-state index in [1.165, 1.54) is 13.8 Å². The summed E-state index contributed by atoms with van der Waals surface area (Å²) in [5.74, 6) is -1.16. The normalized spacial score (nSPS) is 25.4. The van der Waals surface area contributed by atoms with Crippen molar-refractivity contribution in [1.29, 1.82) is 0 Å². The molecule has 0 amide bonds. The molecule has 2 aromatic rings. The van der Waals surface area contributed by atoms with Gasteiger partial charge in [-0.25, -0.2) is 0 Å². The summed E-state index contributed by atoms with van der Waals surface area (Å²) >= 11 is 0.637. The van der Waals surface area contributed by atoms with Crippen LogP contribution in [0.5, 0.6) is 0 Å². The van der Waals surface area contributed by atoms with Gasteiger partial charge in [-0.05, 0) is 13.8 Å². The van der Waals surface area contributed by atoms with Gasteiger partial charge in [0, 0.05) is 13.8 Å². The number of anilines is 1. The van der Waals surface area contributed by atoms with Crippen LogP contribution in [0.4, 0.5) is 5.95 Å². The summed E-state index contributed by atoms with van der Waals surface area (Å²) in [4.78, 5) is 54.1. The first-order chi connectivity index (χ1) is 14.4. The Morgan fingerprint density at radius 3 is 2.58 bits per heavy atom. The first-order valence-corrected chi connectivity index (χ1v) is 9.97. The minimum atomic E-state index is -1.39. The molecule has 31 heavy (non-hydrogen) atoms. The number of ether oxygens (including phenoxy) is 4. The fourth-order valence-electron chi connectivity index (χ4n) is 3.46. The second-order valence-corrected chi connectivity index (χ2v) is 8.14. The molecule has 0 unspecified atom stereocenters. The van der Waals surface area contributed by atoms with E-state index in [2.05, 4.69) is 16.5 Å². The highest BCUT2D eigenvalue weighted by atomic mass is 32.1. The third-order valence-electron chi connectivity index (χ3n) is 4.64. The van der Waals surface area contributed by atoms with E-state index in [1.54, 1.807) is 13.8 Å². The average Bonchev–Trinajstić information content (AvgIpc) is 3.07. The summed E-state index contributed by atoms with van der Waals surface area (Å²) in [6.07, 6.45) is -3.38. The van der Waals surface area contributed by atoms with Gasteiger partial charge in [0.15, 0.2) is 23.6 Å². The summed E-state index contributed by atoms with van der Waals surface area (Å²) in [6, 6.07) is 0. The molecule has 3 N–H and O–H groups in total. The Kier molecular flexibility index (Phi) is 5.91. The summed E-state index contributed by atoms with van der Waals surface area (Å²) in [6.45, 7) is 9.05. The number of nitrogens with two attached hydrogens (primary N) is 1. The molecule has 4 atom stereocenters. The SMILES string of the molecule is C=C(C)O[C@@]1(C)[C@@H](COC(C)=O)O[C@@H](n2c(=O)sc3c(=O)[nH]c(N)nc32)[C@@H]1OC(C)=O.